The molecule has 24 heavy (non-hydrogen) atoms. The summed E-state index contributed by atoms with van der Waals surface area (Å²) in [6.45, 7) is 11.6. The van der Waals surface area contributed by atoms with Gasteiger partial charge in [-0.05, 0) is 59.0 Å². The van der Waals surface area contributed by atoms with Crippen molar-refractivity contribution in [2.45, 2.75) is 27.2 Å². The molecule has 1 aliphatic rings. The van der Waals surface area contributed by atoms with Crippen molar-refractivity contribution in [2.24, 2.45) is 0 Å². The molecule has 1 fully saturated rings. The third kappa shape index (κ3) is 4.87. The predicted molar refractivity (Wildman–Crippen MR) is 101 cm³/mol. The number of carbonyl (C=O) groups is 1. The minimum atomic E-state index is 0.0748. The fraction of sp³-hybridized carbons (Fsp3) is 0.632. The molecule has 0 aliphatic carbocycles. The normalized spacial score (nSPS) is 15.1. The summed E-state index contributed by atoms with van der Waals surface area (Å²) in [5.74, 6) is 0. The van der Waals surface area contributed by atoms with Crippen molar-refractivity contribution in [3.63, 3.8) is 0 Å². The first-order valence-electron chi connectivity index (χ1n) is 8.89. The van der Waals surface area contributed by atoms with Gasteiger partial charge in [-0.3, -0.25) is 0 Å². The third-order valence-electron chi connectivity index (χ3n) is 4.58. The fourth-order valence-electron chi connectivity index (χ4n) is 3.51. The lowest BCUT2D eigenvalue weighted by Crippen LogP contribution is -2.52. The van der Waals surface area contributed by atoms with Gasteiger partial charge in [-0.15, -0.1) is 0 Å². The molecule has 2 rings (SSSR count). The molecule has 1 aliphatic heterocycles. The fourth-order valence-corrected chi connectivity index (χ4v) is 3.51. The summed E-state index contributed by atoms with van der Waals surface area (Å²) < 4.78 is 0. The molecule has 2 amide bonds. The number of aryl methyl sites for hydroxylation is 3. The standard InChI is InChI=1S/C19H32N4O/c1-15-13-16(2)18(17(3)14-15)22-9-11-23(12-10-22)19(24)20-7-6-8-21(4)5/h13-14H,6-12H2,1-5H3,(H,20,24). The van der Waals surface area contributed by atoms with Crippen LogP contribution in [0.25, 0.3) is 0 Å². The Morgan fingerprint density at radius 2 is 1.67 bits per heavy atom. The van der Waals surface area contributed by atoms with Crippen molar-refractivity contribution in [3.8, 4) is 0 Å². The van der Waals surface area contributed by atoms with Crippen molar-refractivity contribution < 1.29 is 4.79 Å². The zero-order valence-electron chi connectivity index (χ0n) is 15.9. The lowest BCUT2D eigenvalue weighted by molar-refractivity contribution is 0.194. The van der Waals surface area contributed by atoms with Gasteiger partial charge in [0, 0.05) is 38.4 Å². The Bertz CT molecular complexity index is 539. The molecule has 5 nitrogen and oxygen atoms in total. The molecule has 0 saturated carbocycles. The van der Waals surface area contributed by atoms with Crippen LogP contribution in [0.3, 0.4) is 0 Å². The minimum absolute atomic E-state index is 0.0748. The molecule has 0 unspecified atom stereocenters. The molecule has 5 heteroatoms. The van der Waals surface area contributed by atoms with Gasteiger partial charge in [-0.25, -0.2) is 4.79 Å². The van der Waals surface area contributed by atoms with Crippen LogP contribution in [0.5, 0.6) is 0 Å². The van der Waals surface area contributed by atoms with Crippen LogP contribution in [0.2, 0.25) is 0 Å². The number of piperazine rings is 1. The Kier molecular flexibility index (Phi) is 6.49. The summed E-state index contributed by atoms with van der Waals surface area (Å²) in [5.41, 5.74) is 5.30. The van der Waals surface area contributed by atoms with Crippen LogP contribution in [-0.4, -0.2) is 69.2 Å². The third-order valence-corrected chi connectivity index (χ3v) is 4.58. The van der Waals surface area contributed by atoms with E-state index >= 15 is 0 Å². The quantitative estimate of drug-likeness (QED) is 0.842. The molecule has 1 aromatic carbocycles. The van der Waals surface area contributed by atoms with Gasteiger partial charge in [-0.1, -0.05) is 17.7 Å². The Morgan fingerprint density at radius 3 is 2.21 bits per heavy atom. The second-order valence-electron chi connectivity index (χ2n) is 7.11. The highest BCUT2D eigenvalue weighted by Crippen LogP contribution is 2.27. The highest BCUT2D eigenvalue weighted by Gasteiger charge is 2.22. The lowest BCUT2D eigenvalue weighted by Gasteiger charge is -2.37. The van der Waals surface area contributed by atoms with E-state index in [1.807, 2.05) is 4.90 Å². The largest absolute Gasteiger partial charge is 0.368 e. The van der Waals surface area contributed by atoms with E-state index in [4.69, 9.17) is 0 Å². The topological polar surface area (TPSA) is 38.8 Å². The summed E-state index contributed by atoms with van der Waals surface area (Å²) in [6.07, 6.45) is 0.987. The number of nitrogens with one attached hydrogen (secondary N) is 1. The molecule has 0 bridgehead atoms. The number of amides is 2. The first-order valence-corrected chi connectivity index (χ1v) is 8.89. The van der Waals surface area contributed by atoms with Gasteiger partial charge in [0.1, 0.15) is 0 Å². The van der Waals surface area contributed by atoms with E-state index in [0.717, 1.165) is 45.7 Å². The molecule has 0 spiro atoms. The van der Waals surface area contributed by atoms with Crippen molar-refractivity contribution in [3.05, 3.63) is 28.8 Å². The minimum Gasteiger partial charge on any atom is -0.368 e. The first kappa shape index (κ1) is 18.6. The average Bonchev–Trinajstić information content (AvgIpc) is 2.51. The number of nitrogens with zero attached hydrogens (tertiary/aromatic N) is 3. The summed E-state index contributed by atoms with van der Waals surface area (Å²) >= 11 is 0. The number of rotatable bonds is 5. The zero-order chi connectivity index (χ0) is 17.7. The van der Waals surface area contributed by atoms with Crippen LogP contribution in [0, 0.1) is 20.8 Å². The molecule has 1 heterocycles. The molecule has 0 atom stereocenters. The molecular weight excluding hydrogens is 300 g/mol. The summed E-state index contributed by atoms with van der Waals surface area (Å²) in [7, 11) is 4.10. The highest BCUT2D eigenvalue weighted by atomic mass is 16.2. The van der Waals surface area contributed by atoms with Crippen LogP contribution < -0.4 is 10.2 Å². The summed E-state index contributed by atoms with van der Waals surface area (Å²) in [4.78, 5) is 18.7. The smallest absolute Gasteiger partial charge is 0.317 e. The number of anilines is 1. The van der Waals surface area contributed by atoms with Crippen molar-refractivity contribution in [2.75, 3.05) is 58.3 Å². The average molecular weight is 332 g/mol. The van der Waals surface area contributed by atoms with Crippen LogP contribution in [-0.2, 0) is 0 Å². The monoisotopic (exact) mass is 332 g/mol. The van der Waals surface area contributed by atoms with E-state index in [9.17, 15) is 4.79 Å². The number of hydrogen-bond acceptors (Lipinski definition) is 3. The molecule has 1 N–H and O–H groups in total. The van der Waals surface area contributed by atoms with E-state index < -0.39 is 0 Å². The Hall–Kier alpha value is -1.75. The van der Waals surface area contributed by atoms with Gasteiger partial charge >= 0.3 is 6.03 Å². The SMILES string of the molecule is Cc1cc(C)c(N2CCN(C(=O)NCCCN(C)C)CC2)c(C)c1. The maximum absolute atomic E-state index is 12.2. The Balaban J connectivity index is 1.84. The Labute approximate surface area is 146 Å². The number of hydrogen-bond donors (Lipinski definition) is 1. The maximum Gasteiger partial charge on any atom is 0.317 e. The summed E-state index contributed by atoms with van der Waals surface area (Å²) in [6, 6.07) is 4.56. The van der Waals surface area contributed by atoms with Crippen LogP contribution in [0.1, 0.15) is 23.1 Å². The number of urea groups is 1. The molecule has 1 aromatic rings. The van der Waals surface area contributed by atoms with E-state index in [0.29, 0.717) is 0 Å². The molecule has 0 aromatic heterocycles. The van der Waals surface area contributed by atoms with Crippen molar-refractivity contribution >= 4 is 11.7 Å². The molecule has 0 radical (unpaired) electrons. The summed E-state index contributed by atoms with van der Waals surface area (Å²) in [5, 5.41) is 3.03. The van der Waals surface area contributed by atoms with Crippen molar-refractivity contribution in [1.82, 2.24) is 15.1 Å². The van der Waals surface area contributed by atoms with E-state index in [2.05, 4.69) is 62.1 Å². The van der Waals surface area contributed by atoms with Crippen LogP contribution in [0.15, 0.2) is 12.1 Å². The van der Waals surface area contributed by atoms with Gasteiger partial charge in [-0.2, -0.15) is 0 Å². The van der Waals surface area contributed by atoms with Gasteiger partial charge in [0.25, 0.3) is 0 Å². The van der Waals surface area contributed by atoms with Crippen molar-refractivity contribution in [1.29, 1.82) is 0 Å². The second kappa shape index (κ2) is 8.38. The van der Waals surface area contributed by atoms with Gasteiger partial charge in [0.2, 0.25) is 0 Å². The number of benzene rings is 1. The van der Waals surface area contributed by atoms with E-state index in [1.54, 1.807) is 0 Å². The highest BCUT2D eigenvalue weighted by molar-refractivity contribution is 5.74. The maximum atomic E-state index is 12.2. The second-order valence-corrected chi connectivity index (χ2v) is 7.11. The van der Waals surface area contributed by atoms with E-state index in [1.165, 1.54) is 22.4 Å². The van der Waals surface area contributed by atoms with Gasteiger partial charge in [0.15, 0.2) is 0 Å². The lowest BCUT2D eigenvalue weighted by atomic mass is 10.0. The zero-order valence-corrected chi connectivity index (χ0v) is 15.9. The van der Waals surface area contributed by atoms with Crippen LogP contribution in [0.4, 0.5) is 10.5 Å². The van der Waals surface area contributed by atoms with E-state index in [-0.39, 0.29) is 6.03 Å². The first-order chi connectivity index (χ1) is 11.4. The van der Waals surface area contributed by atoms with Crippen LogP contribution >= 0.6 is 0 Å². The van der Waals surface area contributed by atoms with Gasteiger partial charge in [0.05, 0.1) is 0 Å². The molecule has 134 valence electrons. The van der Waals surface area contributed by atoms with Gasteiger partial charge < -0.3 is 20.0 Å². The molecular formula is C19H32N4O. The predicted octanol–water partition coefficient (Wildman–Crippen LogP) is 2.40. The molecule has 1 saturated heterocycles. The Morgan fingerprint density at radius 1 is 1.08 bits per heavy atom. The number of carbonyl (C=O) groups excluding carboxylic acids is 1.